The standard InChI is InChI=1S/C14H15N3O3S/c1-10-4-3-7-16-13(10)9-14(18)17-11-5-2-6-12(8-11)21(15,19)20/h2-8H,9H2,1H3,(H,17,18)(H2,15,19,20). The zero-order valence-electron chi connectivity index (χ0n) is 11.4. The van der Waals surface area contributed by atoms with Crippen LogP contribution in [0.3, 0.4) is 0 Å². The molecule has 0 radical (unpaired) electrons. The number of carbonyl (C=O) groups is 1. The number of hydrogen-bond donors (Lipinski definition) is 2. The predicted octanol–water partition coefficient (Wildman–Crippen LogP) is 1.22. The minimum Gasteiger partial charge on any atom is -0.326 e. The maximum absolute atomic E-state index is 12.0. The number of nitrogens with zero attached hydrogens (tertiary/aromatic N) is 1. The van der Waals surface area contributed by atoms with E-state index in [-0.39, 0.29) is 17.2 Å². The Bertz CT molecular complexity index is 773. The topological polar surface area (TPSA) is 102 Å². The zero-order valence-corrected chi connectivity index (χ0v) is 12.2. The van der Waals surface area contributed by atoms with Gasteiger partial charge in [-0.25, -0.2) is 13.6 Å². The van der Waals surface area contributed by atoms with E-state index in [0.29, 0.717) is 11.4 Å². The summed E-state index contributed by atoms with van der Waals surface area (Å²) < 4.78 is 22.5. The van der Waals surface area contributed by atoms with E-state index in [0.717, 1.165) is 5.56 Å². The molecule has 2 rings (SSSR count). The highest BCUT2D eigenvalue weighted by atomic mass is 32.2. The van der Waals surface area contributed by atoms with Crippen molar-refractivity contribution in [1.82, 2.24) is 4.98 Å². The summed E-state index contributed by atoms with van der Waals surface area (Å²) in [6, 6.07) is 9.47. The van der Waals surface area contributed by atoms with Gasteiger partial charge in [0.2, 0.25) is 15.9 Å². The number of sulfonamides is 1. The van der Waals surface area contributed by atoms with Crippen molar-refractivity contribution in [3.05, 3.63) is 53.9 Å². The van der Waals surface area contributed by atoms with Crippen LogP contribution < -0.4 is 10.5 Å². The molecule has 6 nitrogen and oxygen atoms in total. The Morgan fingerprint density at radius 2 is 2.05 bits per heavy atom. The minimum absolute atomic E-state index is 0.0469. The lowest BCUT2D eigenvalue weighted by molar-refractivity contribution is -0.115. The van der Waals surface area contributed by atoms with E-state index in [9.17, 15) is 13.2 Å². The Balaban J connectivity index is 2.12. The number of nitrogens with two attached hydrogens (primary N) is 1. The Kier molecular flexibility index (Phi) is 4.35. The van der Waals surface area contributed by atoms with Crippen LogP contribution in [0.2, 0.25) is 0 Å². The molecule has 7 heteroatoms. The first-order chi connectivity index (χ1) is 9.86. The maximum Gasteiger partial charge on any atom is 0.238 e. The SMILES string of the molecule is Cc1cccnc1CC(=O)Nc1cccc(S(N)(=O)=O)c1. The van der Waals surface area contributed by atoms with E-state index in [2.05, 4.69) is 10.3 Å². The van der Waals surface area contributed by atoms with Crippen LogP contribution in [0.15, 0.2) is 47.5 Å². The van der Waals surface area contributed by atoms with Crippen LogP contribution in [0.25, 0.3) is 0 Å². The fraction of sp³-hybridized carbons (Fsp3) is 0.143. The lowest BCUT2D eigenvalue weighted by Gasteiger charge is -2.07. The first-order valence-corrected chi connectivity index (χ1v) is 7.74. The number of primary sulfonamides is 1. The molecule has 0 spiro atoms. The highest BCUT2D eigenvalue weighted by Crippen LogP contribution is 2.14. The molecule has 3 N–H and O–H groups in total. The number of rotatable bonds is 4. The van der Waals surface area contributed by atoms with Gasteiger partial charge in [0.15, 0.2) is 0 Å². The second kappa shape index (κ2) is 6.02. The number of anilines is 1. The molecule has 0 atom stereocenters. The molecule has 0 saturated carbocycles. The first kappa shape index (κ1) is 15.1. The first-order valence-electron chi connectivity index (χ1n) is 6.19. The van der Waals surface area contributed by atoms with E-state index >= 15 is 0 Å². The average molecular weight is 305 g/mol. The van der Waals surface area contributed by atoms with Crippen LogP contribution in [-0.4, -0.2) is 19.3 Å². The third-order valence-electron chi connectivity index (χ3n) is 2.89. The molecular formula is C14H15N3O3S. The fourth-order valence-electron chi connectivity index (χ4n) is 1.81. The molecule has 0 fully saturated rings. The van der Waals surface area contributed by atoms with Crippen molar-refractivity contribution >= 4 is 21.6 Å². The third-order valence-corrected chi connectivity index (χ3v) is 3.80. The number of benzene rings is 1. The number of pyridine rings is 1. The van der Waals surface area contributed by atoms with Gasteiger partial charge in [-0.3, -0.25) is 9.78 Å². The number of hydrogen-bond acceptors (Lipinski definition) is 4. The van der Waals surface area contributed by atoms with Gasteiger partial charge in [-0.05, 0) is 36.8 Å². The van der Waals surface area contributed by atoms with Crippen LogP contribution in [0.1, 0.15) is 11.3 Å². The largest absolute Gasteiger partial charge is 0.326 e. The van der Waals surface area contributed by atoms with Crippen molar-refractivity contribution in [3.63, 3.8) is 0 Å². The van der Waals surface area contributed by atoms with Gasteiger partial charge < -0.3 is 5.32 Å². The number of aromatic nitrogens is 1. The molecule has 1 aromatic carbocycles. The zero-order chi connectivity index (χ0) is 15.5. The van der Waals surface area contributed by atoms with Crippen molar-refractivity contribution in [3.8, 4) is 0 Å². The summed E-state index contributed by atoms with van der Waals surface area (Å²) in [6.07, 6.45) is 1.74. The van der Waals surface area contributed by atoms with E-state index in [4.69, 9.17) is 5.14 Å². The van der Waals surface area contributed by atoms with E-state index in [1.807, 2.05) is 13.0 Å². The molecule has 1 aromatic heterocycles. The van der Waals surface area contributed by atoms with Crippen molar-refractivity contribution in [2.75, 3.05) is 5.32 Å². The van der Waals surface area contributed by atoms with Crippen molar-refractivity contribution in [2.24, 2.45) is 5.14 Å². The molecule has 0 bridgehead atoms. The molecular weight excluding hydrogens is 290 g/mol. The van der Waals surface area contributed by atoms with Crippen molar-refractivity contribution in [2.45, 2.75) is 18.2 Å². The number of carbonyl (C=O) groups excluding carboxylic acids is 1. The average Bonchev–Trinajstić information content (AvgIpc) is 2.41. The summed E-state index contributed by atoms with van der Waals surface area (Å²) in [5.41, 5.74) is 1.98. The number of amides is 1. The van der Waals surface area contributed by atoms with Crippen LogP contribution >= 0.6 is 0 Å². The Labute approximate surface area is 123 Å². The molecule has 0 unspecified atom stereocenters. The number of aryl methyl sites for hydroxylation is 1. The van der Waals surface area contributed by atoms with Gasteiger partial charge in [0.05, 0.1) is 17.0 Å². The summed E-state index contributed by atoms with van der Waals surface area (Å²) in [6.45, 7) is 1.87. The Hall–Kier alpha value is -2.25. The molecule has 0 aliphatic heterocycles. The van der Waals surface area contributed by atoms with Gasteiger partial charge in [-0.15, -0.1) is 0 Å². The van der Waals surface area contributed by atoms with E-state index in [1.54, 1.807) is 18.3 Å². The van der Waals surface area contributed by atoms with Crippen molar-refractivity contribution < 1.29 is 13.2 Å². The molecule has 21 heavy (non-hydrogen) atoms. The maximum atomic E-state index is 12.0. The summed E-state index contributed by atoms with van der Waals surface area (Å²) in [7, 11) is -3.79. The van der Waals surface area contributed by atoms with Crippen LogP contribution in [0, 0.1) is 6.92 Å². The fourth-order valence-corrected chi connectivity index (χ4v) is 2.37. The van der Waals surface area contributed by atoms with Gasteiger partial charge in [0.25, 0.3) is 0 Å². The minimum atomic E-state index is -3.79. The Morgan fingerprint density at radius 1 is 1.29 bits per heavy atom. The highest BCUT2D eigenvalue weighted by molar-refractivity contribution is 7.89. The van der Waals surface area contributed by atoms with E-state index < -0.39 is 10.0 Å². The summed E-state index contributed by atoms with van der Waals surface area (Å²) in [5, 5.41) is 7.68. The molecule has 110 valence electrons. The summed E-state index contributed by atoms with van der Waals surface area (Å²) in [4.78, 5) is 16.1. The molecule has 0 saturated heterocycles. The van der Waals surface area contributed by atoms with Gasteiger partial charge >= 0.3 is 0 Å². The second-order valence-corrected chi connectivity index (χ2v) is 6.13. The molecule has 1 heterocycles. The lowest BCUT2D eigenvalue weighted by Crippen LogP contribution is -2.17. The molecule has 1 amide bonds. The van der Waals surface area contributed by atoms with Crippen molar-refractivity contribution in [1.29, 1.82) is 0 Å². The third kappa shape index (κ3) is 4.11. The highest BCUT2D eigenvalue weighted by Gasteiger charge is 2.11. The molecule has 0 aliphatic rings. The molecule has 0 aliphatic carbocycles. The monoisotopic (exact) mass is 305 g/mol. The normalized spacial score (nSPS) is 11.1. The summed E-state index contributed by atoms with van der Waals surface area (Å²) in [5.74, 6) is -0.275. The lowest BCUT2D eigenvalue weighted by atomic mass is 10.1. The van der Waals surface area contributed by atoms with Crippen LogP contribution in [0.4, 0.5) is 5.69 Å². The number of nitrogens with one attached hydrogen (secondary N) is 1. The van der Waals surface area contributed by atoms with Gasteiger partial charge in [-0.1, -0.05) is 12.1 Å². The smallest absolute Gasteiger partial charge is 0.238 e. The van der Waals surface area contributed by atoms with Gasteiger partial charge in [0, 0.05) is 11.9 Å². The summed E-state index contributed by atoms with van der Waals surface area (Å²) >= 11 is 0. The quantitative estimate of drug-likeness (QED) is 0.886. The van der Waals surface area contributed by atoms with Gasteiger partial charge in [-0.2, -0.15) is 0 Å². The van der Waals surface area contributed by atoms with Crippen LogP contribution in [0.5, 0.6) is 0 Å². The Morgan fingerprint density at radius 3 is 2.71 bits per heavy atom. The predicted molar refractivity (Wildman–Crippen MR) is 79.1 cm³/mol. The van der Waals surface area contributed by atoms with E-state index in [1.165, 1.54) is 18.2 Å². The second-order valence-electron chi connectivity index (χ2n) is 4.56. The van der Waals surface area contributed by atoms with Crippen LogP contribution in [-0.2, 0) is 21.2 Å². The van der Waals surface area contributed by atoms with Gasteiger partial charge in [0.1, 0.15) is 0 Å². The molecule has 2 aromatic rings.